The van der Waals surface area contributed by atoms with E-state index in [-0.39, 0.29) is 17.9 Å². The summed E-state index contributed by atoms with van der Waals surface area (Å²) in [5, 5.41) is 9.31. The summed E-state index contributed by atoms with van der Waals surface area (Å²) in [4.78, 5) is 0. The molecule has 0 aromatic heterocycles. The lowest BCUT2D eigenvalue weighted by atomic mass is 9.75. The first-order valence-electron chi connectivity index (χ1n) is 4.90. The van der Waals surface area contributed by atoms with Crippen molar-refractivity contribution in [3.8, 4) is 0 Å². The number of rotatable bonds is 4. The monoisotopic (exact) mass is 190 g/mol. The van der Waals surface area contributed by atoms with Crippen molar-refractivity contribution in [3.05, 3.63) is 48.6 Å². The summed E-state index contributed by atoms with van der Waals surface area (Å²) in [6.07, 6.45) is 1.91. The van der Waals surface area contributed by atoms with E-state index in [2.05, 4.69) is 18.7 Å². The Morgan fingerprint density at radius 3 is 2.36 bits per heavy atom. The second-order valence-corrected chi connectivity index (χ2v) is 4.27. The van der Waals surface area contributed by atoms with Crippen molar-refractivity contribution in [1.29, 1.82) is 0 Å². The second-order valence-electron chi connectivity index (χ2n) is 4.27. The molecule has 14 heavy (non-hydrogen) atoms. The molecule has 0 unspecified atom stereocenters. The fourth-order valence-corrected chi connectivity index (χ4v) is 1.67. The van der Waals surface area contributed by atoms with Crippen molar-refractivity contribution >= 4 is 0 Å². The number of hydrogen-bond donors (Lipinski definition) is 1. The molecule has 1 atom stereocenters. The topological polar surface area (TPSA) is 20.2 Å². The van der Waals surface area contributed by atoms with Gasteiger partial charge in [0.15, 0.2) is 0 Å². The molecule has 0 fully saturated rings. The Hall–Kier alpha value is -1.08. The normalized spacial score (nSPS) is 13.6. The van der Waals surface area contributed by atoms with Gasteiger partial charge in [-0.05, 0) is 11.0 Å². The second kappa shape index (κ2) is 4.43. The number of hydrogen-bond acceptors (Lipinski definition) is 1. The summed E-state index contributed by atoms with van der Waals surface area (Å²) < 4.78 is 0. The maximum absolute atomic E-state index is 9.31. The van der Waals surface area contributed by atoms with Gasteiger partial charge < -0.3 is 5.11 Å². The summed E-state index contributed by atoms with van der Waals surface area (Å²) >= 11 is 0. The van der Waals surface area contributed by atoms with Gasteiger partial charge in [0.25, 0.3) is 0 Å². The van der Waals surface area contributed by atoms with Crippen LogP contribution in [0.15, 0.2) is 43.0 Å². The van der Waals surface area contributed by atoms with Crippen LogP contribution in [0.5, 0.6) is 0 Å². The molecule has 0 saturated heterocycles. The lowest BCUT2D eigenvalue weighted by Crippen LogP contribution is -2.24. The number of aliphatic hydroxyl groups excluding tert-OH is 1. The van der Waals surface area contributed by atoms with Crippen molar-refractivity contribution in [2.45, 2.75) is 19.8 Å². The van der Waals surface area contributed by atoms with Crippen LogP contribution in [0.1, 0.15) is 25.3 Å². The van der Waals surface area contributed by atoms with E-state index in [9.17, 15) is 5.11 Å². The van der Waals surface area contributed by atoms with E-state index < -0.39 is 0 Å². The van der Waals surface area contributed by atoms with Crippen LogP contribution < -0.4 is 0 Å². The van der Waals surface area contributed by atoms with Gasteiger partial charge >= 0.3 is 0 Å². The van der Waals surface area contributed by atoms with Crippen molar-refractivity contribution in [2.75, 3.05) is 6.61 Å². The molecule has 0 spiro atoms. The molecule has 0 aliphatic heterocycles. The summed E-state index contributed by atoms with van der Waals surface area (Å²) in [5.74, 6) is 0.203. The van der Waals surface area contributed by atoms with Crippen LogP contribution in [0.3, 0.4) is 0 Å². The summed E-state index contributed by atoms with van der Waals surface area (Å²) in [7, 11) is 0. The molecule has 0 saturated carbocycles. The van der Waals surface area contributed by atoms with E-state index in [1.807, 2.05) is 38.1 Å². The summed E-state index contributed by atoms with van der Waals surface area (Å²) in [6.45, 7) is 8.10. The Kier molecular flexibility index (Phi) is 3.48. The Labute approximate surface area is 86.1 Å². The van der Waals surface area contributed by atoms with Gasteiger partial charge in [0.1, 0.15) is 0 Å². The third kappa shape index (κ3) is 2.24. The van der Waals surface area contributed by atoms with Gasteiger partial charge in [0.2, 0.25) is 0 Å². The first-order valence-corrected chi connectivity index (χ1v) is 4.90. The summed E-state index contributed by atoms with van der Waals surface area (Å²) in [5.41, 5.74) is 1.06. The Balaban J connectivity index is 2.99. The molecule has 0 heterocycles. The number of benzene rings is 1. The van der Waals surface area contributed by atoms with E-state index in [4.69, 9.17) is 0 Å². The first kappa shape index (κ1) is 11.0. The van der Waals surface area contributed by atoms with E-state index in [0.29, 0.717) is 0 Å². The van der Waals surface area contributed by atoms with Gasteiger partial charge in [-0.3, -0.25) is 0 Å². The van der Waals surface area contributed by atoms with Gasteiger partial charge in [0, 0.05) is 12.5 Å². The SMILES string of the molecule is C=C[C@H](c1ccccc1)C(C)(C)CO. The van der Waals surface area contributed by atoms with Crippen molar-refractivity contribution in [1.82, 2.24) is 0 Å². The molecular weight excluding hydrogens is 172 g/mol. The van der Waals surface area contributed by atoms with Gasteiger partial charge in [-0.15, -0.1) is 6.58 Å². The third-order valence-corrected chi connectivity index (χ3v) is 2.64. The minimum atomic E-state index is -0.150. The average molecular weight is 190 g/mol. The minimum Gasteiger partial charge on any atom is -0.396 e. The Morgan fingerprint density at radius 2 is 1.93 bits per heavy atom. The lowest BCUT2D eigenvalue weighted by molar-refractivity contribution is 0.145. The summed E-state index contributed by atoms with van der Waals surface area (Å²) in [6, 6.07) is 10.2. The molecule has 1 aromatic rings. The predicted octanol–water partition coefficient (Wildman–Crippen LogP) is 2.97. The molecule has 0 radical (unpaired) electrons. The van der Waals surface area contributed by atoms with Crippen LogP contribution in [-0.2, 0) is 0 Å². The molecule has 0 aliphatic rings. The molecule has 1 heteroatoms. The maximum Gasteiger partial charge on any atom is 0.0490 e. The van der Waals surface area contributed by atoms with Crippen molar-refractivity contribution < 1.29 is 5.11 Å². The average Bonchev–Trinajstić information content (AvgIpc) is 2.20. The maximum atomic E-state index is 9.31. The molecule has 76 valence electrons. The zero-order chi connectivity index (χ0) is 10.6. The highest BCUT2D eigenvalue weighted by Crippen LogP contribution is 2.35. The Bertz CT molecular complexity index is 287. The molecule has 0 amide bonds. The van der Waals surface area contributed by atoms with Crippen LogP contribution in [0, 0.1) is 5.41 Å². The molecule has 1 nitrogen and oxygen atoms in total. The molecule has 1 aromatic carbocycles. The standard InChI is InChI=1S/C13H18O/c1-4-12(13(2,3)10-14)11-8-6-5-7-9-11/h4-9,12,14H,1,10H2,2-3H3/t12-/m1/s1. The molecule has 0 bridgehead atoms. The van der Waals surface area contributed by atoms with Crippen LogP contribution in [0.25, 0.3) is 0 Å². The molecular formula is C13H18O. The minimum absolute atomic E-state index is 0.150. The lowest BCUT2D eigenvalue weighted by Gasteiger charge is -2.30. The van der Waals surface area contributed by atoms with Gasteiger partial charge in [-0.25, -0.2) is 0 Å². The molecule has 0 aliphatic carbocycles. The van der Waals surface area contributed by atoms with Gasteiger partial charge in [0.05, 0.1) is 0 Å². The highest BCUT2D eigenvalue weighted by Gasteiger charge is 2.27. The van der Waals surface area contributed by atoms with E-state index in [1.165, 1.54) is 5.56 Å². The van der Waals surface area contributed by atoms with Crippen molar-refractivity contribution in [2.24, 2.45) is 5.41 Å². The van der Waals surface area contributed by atoms with Crippen LogP contribution in [0.2, 0.25) is 0 Å². The van der Waals surface area contributed by atoms with Crippen LogP contribution in [0.4, 0.5) is 0 Å². The largest absolute Gasteiger partial charge is 0.396 e. The highest BCUT2D eigenvalue weighted by molar-refractivity contribution is 5.25. The Morgan fingerprint density at radius 1 is 1.36 bits per heavy atom. The van der Waals surface area contributed by atoms with E-state index in [0.717, 1.165) is 0 Å². The molecule has 1 rings (SSSR count). The van der Waals surface area contributed by atoms with Gasteiger partial charge in [-0.1, -0.05) is 50.3 Å². The van der Waals surface area contributed by atoms with E-state index >= 15 is 0 Å². The smallest absolute Gasteiger partial charge is 0.0490 e. The van der Waals surface area contributed by atoms with Crippen LogP contribution >= 0.6 is 0 Å². The van der Waals surface area contributed by atoms with Crippen LogP contribution in [-0.4, -0.2) is 11.7 Å². The van der Waals surface area contributed by atoms with Gasteiger partial charge in [-0.2, -0.15) is 0 Å². The van der Waals surface area contributed by atoms with E-state index in [1.54, 1.807) is 0 Å². The fourth-order valence-electron chi connectivity index (χ4n) is 1.67. The molecule has 1 N–H and O–H groups in total. The third-order valence-electron chi connectivity index (χ3n) is 2.64. The number of allylic oxidation sites excluding steroid dienone is 1. The first-order chi connectivity index (χ1) is 6.61. The predicted molar refractivity (Wildman–Crippen MR) is 60.2 cm³/mol. The zero-order valence-corrected chi connectivity index (χ0v) is 8.90. The number of aliphatic hydroxyl groups is 1. The fraction of sp³-hybridized carbons (Fsp3) is 0.385. The highest BCUT2D eigenvalue weighted by atomic mass is 16.3. The van der Waals surface area contributed by atoms with Crippen molar-refractivity contribution in [3.63, 3.8) is 0 Å². The zero-order valence-electron chi connectivity index (χ0n) is 8.90. The quantitative estimate of drug-likeness (QED) is 0.724.